The van der Waals surface area contributed by atoms with E-state index in [2.05, 4.69) is 54.6 Å². The van der Waals surface area contributed by atoms with E-state index >= 15 is 0 Å². The van der Waals surface area contributed by atoms with Gasteiger partial charge in [0, 0.05) is 44.4 Å². The molecule has 0 atom stereocenters. The highest BCUT2D eigenvalue weighted by molar-refractivity contribution is 7.80. The van der Waals surface area contributed by atoms with E-state index in [-0.39, 0.29) is 5.41 Å². The largest absolute Gasteiger partial charge is 0.492 e. The zero-order valence-electron chi connectivity index (χ0n) is 21.3. The van der Waals surface area contributed by atoms with E-state index in [1.807, 2.05) is 48.3 Å². The molecule has 0 bridgehead atoms. The third-order valence-corrected chi connectivity index (χ3v) is 7.02. The maximum Gasteiger partial charge on any atom is 0.269 e. The van der Waals surface area contributed by atoms with Crippen molar-refractivity contribution in [3.05, 3.63) is 76.5 Å². The highest BCUT2D eigenvalue weighted by atomic mass is 32.1. The van der Waals surface area contributed by atoms with E-state index in [0.717, 1.165) is 31.1 Å². The number of benzene rings is 2. The Bertz CT molecular complexity index is 1050. The van der Waals surface area contributed by atoms with Crippen molar-refractivity contribution in [2.45, 2.75) is 32.7 Å². The second kappa shape index (κ2) is 13.0. The molecule has 0 saturated carbocycles. The molecule has 0 amide bonds. The summed E-state index contributed by atoms with van der Waals surface area (Å²) in [4.78, 5) is 4.22. The molecule has 0 unspecified atom stereocenters. The smallest absolute Gasteiger partial charge is 0.269 e. The van der Waals surface area contributed by atoms with Gasteiger partial charge < -0.3 is 19.1 Å². The molecule has 0 radical (unpaired) electrons. The minimum absolute atomic E-state index is 0.0664. The van der Waals surface area contributed by atoms with Crippen molar-refractivity contribution in [3.63, 3.8) is 0 Å². The van der Waals surface area contributed by atoms with Gasteiger partial charge in [-0.1, -0.05) is 39.0 Å². The van der Waals surface area contributed by atoms with Crippen LogP contribution in [0.25, 0.3) is 0 Å². The first kappa shape index (κ1) is 27.1. The van der Waals surface area contributed by atoms with Gasteiger partial charge in [-0.15, -0.1) is 0 Å². The van der Waals surface area contributed by atoms with Gasteiger partial charge in [0.1, 0.15) is 18.1 Å². The van der Waals surface area contributed by atoms with Crippen LogP contribution >= 0.6 is 23.6 Å². The maximum atomic E-state index is 6.05. The summed E-state index contributed by atoms with van der Waals surface area (Å²) in [6, 6.07) is 18.1. The summed E-state index contributed by atoms with van der Waals surface area (Å²) in [6.07, 6.45) is 0. The van der Waals surface area contributed by atoms with E-state index < -0.39 is 0 Å². The predicted octanol–water partition coefficient (Wildman–Crippen LogP) is 6.37. The molecule has 0 aliphatic heterocycles. The summed E-state index contributed by atoms with van der Waals surface area (Å²) in [5.41, 5.74) is 3.38. The number of anilines is 1. The number of nitrogens with zero attached hydrogens (tertiary/aromatic N) is 2. The number of thiophene rings is 1. The monoisotopic (exact) mass is 512 g/mol. The van der Waals surface area contributed by atoms with Crippen molar-refractivity contribution in [1.29, 1.82) is 0 Å². The van der Waals surface area contributed by atoms with Gasteiger partial charge in [-0.05, 0) is 71.0 Å². The van der Waals surface area contributed by atoms with Crippen molar-refractivity contribution in [2.75, 3.05) is 45.4 Å². The Labute approximate surface area is 219 Å². The van der Waals surface area contributed by atoms with Crippen molar-refractivity contribution in [2.24, 2.45) is 0 Å². The molecule has 5 nitrogen and oxygen atoms in total. The van der Waals surface area contributed by atoms with Crippen molar-refractivity contribution >= 4 is 34.4 Å². The normalized spacial score (nSPS) is 11.5. The first-order valence-corrected chi connectivity index (χ1v) is 13.2. The molecule has 7 heteroatoms. The predicted molar refractivity (Wildman–Crippen MR) is 150 cm³/mol. The van der Waals surface area contributed by atoms with E-state index in [4.69, 9.17) is 26.4 Å². The van der Waals surface area contributed by atoms with E-state index in [1.165, 1.54) is 11.1 Å². The Kier molecular flexibility index (Phi) is 10.1. The number of hydrogen-bond donors (Lipinski definition) is 0. The highest BCUT2D eigenvalue weighted by Crippen LogP contribution is 2.26. The Hall–Kier alpha value is -2.45. The number of rotatable bonds is 12. The zero-order chi connectivity index (χ0) is 25.3. The first-order valence-electron chi connectivity index (χ1n) is 11.8. The third kappa shape index (κ3) is 8.04. The Morgan fingerprint density at radius 3 is 2.49 bits per heavy atom. The fraction of sp³-hybridized carbons (Fsp3) is 0.393. The summed E-state index contributed by atoms with van der Waals surface area (Å²) in [7, 11) is 3.62. The molecule has 0 N–H and O–H groups in total. The summed E-state index contributed by atoms with van der Waals surface area (Å²) in [5, 5.41) is 4.69. The minimum atomic E-state index is -0.0664. The summed E-state index contributed by atoms with van der Waals surface area (Å²) in [5.74, 6) is 1.52. The van der Waals surface area contributed by atoms with Gasteiger partial charge in [0.25, 0.3) is 5.17 Å². The number of ether oxygens (including phenoxy) is 3. The molecular formula is C28H36N2O3S2. The molecule has 0 aliphatic carbocycles. The number of thiocarbonyl (C=S) groups is 1. The fourth-order valence-electron chi connectivity index (χ4n) is 3.76. The molecule has 188 valence electrons. The van der Waals surface area contributed by atoms with Gasteiger partial charge >= 0.3 is 0 Å². The lowest BCUT2D eigenvalue weighted by atomic mass is 9.85. The lowest BCUT2D eigenvalue weighted by Gasteiger charge is -2.25. The van der Waals surface area contributed by atoms with Crippen molar-refractivity contribution in [1.82, 2.24) is 4.90 Å². The quantitative estimate of drug-likeness (QED) is 0.262. The standard InChI is InChI=1S/C28H36N2O3S2/c1-6-30(19-22-14-17-35-20-22)15-16-32-26-9-7-8-24(18-26)29(4)27(34)33-25-12-10-23(11-13-25)28(2,3)21-31-5/h7-14,17-18,20H,6,15-16,19,21H2,1-5H3. The van der Waals surface area contributed by atoms with Crippen LogP contribution in [0.2, 0.25) is 0 Å². The van der Waals surface area contributed by atoms with Crippen molar-refractivity contribution < 1.29 is 14.2 Å². The average molecular weight is 513 g/mol. The van der Waals surface area contributed by atoms with Gasteiger partial charge in [0.2, 0.25) is 0 Å². The van der Waals surface area contributed by atoms with Gasteiger partial charge in [-0.2, -0.15) is 11.3 Å². The highest BCUT2D eigenvalue weighted by Gasteiger charge is 2.20. The average Bonchev–Trinajstić information content (AvgIpc) is 3.36. The molecule has 0 aliphatic rings. The minimum Gasteiger partial charge on any atom is -0.492 e. The number of methoxy groups -OCH3 is 1. The number of hydrogen-bond acceptors (Lipinski definition) is 6. The molecule has 3 rings (SSSR count). The molecule has 1 aromatic heterocycles. The Morgan fingerprint density at radius 1 is 1.06 bits per heavy atom. The van der Waals surface area contributed by atoms with E-state index in [0.29, 0.717) is 24.1 Å². The lowest BCUT2D eigenvalue weighted by molar-refractivity contribution is 0.146. The van der Waals surface area contributed by atoms with Crippen LogP contribution in [0.15, 0.2) is 65.4 Å². The van der Waals surface area contributed by atoms with Gasteiger partial charge in [-0.25, -0.2) is 0 Å². The Balaban J connectivity index is 1.53. The SMILES string of the molecule is CCN(CCOc1cccc(N(C)C(=S)Oc2ccc(C(C)(C)COC)cc2)c1)Cc1ccsc1. The molecule has 35 heavy (non-hydrogen) atoms. The number of likely N-dealkylation sites (N-methyl/N-ethyl adjacent to an activating group) is 1. The van der Waals surface area contributed by atoms with Gasteiger partial charge in [-0.3, -0.25) is 4.90 Å². The van der Waals surface area contributed by atoms with Gasteiger partial charge in [0.15, 0.2) is 0 Å². The molecular weight excluding hydrogens is 476 g/mol. The fourth-order valence-corrected chi connectivity index (χ4v) is 4.62. The molecule has 1 heterocycles. The maximum absolute atomic E-state index is 6.05. The summed E-state index contributed by atoms with van der Waals surface area (Å²) >= 11 is 7.30. The van der Waals surface area contributed by atoms with Crippen LogP contribution in [0.5, 0.6) is 11.5 Å². The first-order chi connectivity index (χ1) is 16.8. The molecule has 0 fully saturated rings. The van der Waals surface area contributed by atoms with Crippen LogP contribution in [0, 0.1) is 0 Å². The van der Waals surface area contributed by atoms with E-state index in [9.17, 15) is 0 Å². The molecule has 2 aromatic carbocycles. The zero-order valence-corrected chi connectivity index (χ0v) is 23.0. The second-order valence-electron chi connectivity index (χ2n) is 9.11. The lowest BCUT2D eigenvalue weighted by Crippen LogP contribution is -2.29. The summed E-state index contributed by atoms with van der Waals surface area (Å²) in [6.45, 7) is 10.6. The molecule has 0 saturated heterocycles. The van der Waals surface area contributed by atoms with Crippen LogP contribution in [0.1, 0.15) is 31.9 Å². The van der Waals surface area contributed by atoms with Crippen LogP contribution in [0.3, 0.4) is 0 Å². The summed E-state index contributed by atoms with van der Waals surface area (Å²) < 4.78 is 17.3. The van der Waals surface area contributed by atoms with E-state index in [1.54, 1.807) is 18.4 Å². The van der Waals surface area contributed by atoms with Crippen LogP contribution < -0.4 is 14.4 Å². The van der Waals surface area contributed by atoms with Crippen LogP contribution in [-0.4, -0.2) is 50.5 Å². The van der Waals surface area contributed by atoms with Gasteiger partial charge in [0.05, 0.1) is 6.61 Å². The van der Waals surface area contributed by atoms with Crippen LogP contribution in [0.4, 0.5) is 5.69 Å². The topological polar surface area (TPSA) is 34.2 Å². The molecule has 3 aromatic rings. The molecule has 0 spiro atoms. The van der Waals surface area contributed by atoms with Crippen LogP contribution in [-0.2, 0) is 16.7 Å². The second-order valence-corrected chi connectivity index (χ2v) is 10.2. The third-order valence-electron chi connectivity index (χ3n) is 5.93. The van der Waals surface area contributed by atoms with Crippen molar-refractivity contribution in [3.8, 4) is 11.5 Å². The Morgan fingerprint density at radius 2 is 1.83 bits per heavy atom.